The van der Waals surface area contributed by atoms with Gasteiger partial charge in [0.2, 0.25) is 0 Å². The van der Waals surface area contributed by atoms with Crippen molar-refractivity contribution in [1.29, 1.82) is 0 Å². The molecule has 0 N–H and O–H groups in total. The minimum atomic E-state index is -0.0370. The summed E-state index contributed by atoms with van der Waals surface area (Å²) in [5.74, 6) is -0.0370. The van der Waals surface area contributed by atoms with Gasteiger partial charge in [-0.05, 0) is 25.0 Å². The summed E-state index contributed by atoms with van der Waals surface area (Å²) in [6.45, 7) is 10.3. The Labute approximate surface area is 61.9 Å². The van der Waals surface area contributed by atoms with Crippen LogP contribution in [0.25, 0.3) is 0 Å². The molecule has 0 saturated heterocycles. The van der Waals surface area contributed by atoms with Gasteiger partial charge in [-0.25, -0.2) is 0 Å². The van der Waals surface area contributed by atoms with Crippen molar-refractivity contribution in [3.05, 3.63) is 24.3 Å². The van der Waals surface area contributed by atoms with E-state index in [1.165, 1.54) is 0 Å². The zero-order valence-corrected chi connectivity index (χ0v) is 6.55. The summed E-state index contributed by atoms with van der Waals surface area (Å²) in [5.41, 5.74) is 1.11. The van der Waals surface area contributed by atoms with Gasteiger partial charge >= 0.3 is 0 Å². The Kier molecular flexibility index (Phi) is 5.42. The molecule has 0 radical (unpaired) electrons. The zero-order valence-electron chi connectivity index (χ0n) is 5.73. The van der Waals surface area contributed by atoms with Crippen LogP contribution >= 0.6 is 12.4 Å². The van der Waals surface area contributed by atoms with Gasteiger partial charge in [0.25, 0.3) is 0 Å². The largest absolute Gasteiger partial charge is 0.289 e. The van der Waals surface area contributed by atoms with E-state index in [9.17, 15) is 4.79 Å². The first-order valence-electron chi connectivity index (χ1n) is 2.41. The molecule has 0 rings (SSSR count). The first kappa shape index (κ1) is 11.3. The van der Waals surface area contributed by atoms with Crippen LogP contribution in [0.4, 0.5) is 0 Å². The molecule has 0 aliphatic carbocycles. The Balaban J connectivity index is 0. The lowest BCUT2D eigenvalue weighted by Crippen LogP contribution is -1.97. The van der Waals surface area contributed by atoms with Crippen LogP contribution in [0.1, 0.15) is 13.8 Å². The van der Waals surface area contributed by atoms with E-state index in [0.717, 1.165) is 0 Å². The van der Waals surface area contributed by atoms with Gasteiger partial charge in [0.1, 0.15) is 0 Å². The molecule has 0 atom stereocenters. The first-order valence-corrected chi connectivity index (χ1v) is 2.41. The molecule has 0 fully saturated rings. The quantitative estimate of drug-likeness (QED) is 0.546. The fourth-order valence-corrected chi connectivity index (χ4v) is 0.364. The second-order valence-electron chi connectivity index (χ2n) is 1.89. The van der Waals surface area contributed by atoms with Crippen LogP contribution in [0.15, 0.2) is 24.3 Å². The van der Waals surface area contributed by atoms with Crippen molar-refractivity contribution in [1.82, 2.24) is 0 Å². The Morgan fingerprint density at radius 1 is 1.11 bits per heavy atom. The zero-order chi connectivity index (χ0) is 6.73. The summed E-state index contributed by atoms with van der Waals surface area (Å²) in [6, 6.07) is 0. The molecule has 0 bridgehead atoms. The predicted octanol–water partition coefficient (Wildman–Crippen LogP) is 2.13. The molecule has 0 amide bonds. The molecule has 2 heteroatoms. The van der Waals surface area contributed by atoms with Gasteiger partial charge < -0.3 is 0 Å². The topological polar surface area (TPSA) is 17.1 Å². The summed E-state index contributed by atoms with van der Waals surface area (Å²) in [6.07, 6.45) is 0. The average molecular weight is 147 g/mol. The number of rotatable bonds is 2. The first-order chi connectivity index (χ1) is 3.55. The second kappa shape index (κ2) is 4.33. The number of halogens is 1. The number of carbonyl (C=O) groups excluding carboxylic acids is 1. The van der Waals surface area contributed by atoms with E-state index < -0.39 is 0 Å². The second-order valence-corrected chi connectivity index (χ2v) is 1.89. The van der Waals surface area contributed by atoms with Crippen molar-refractivity contribution < 1.29 is 4.79 Å². The average Bonchev–Trinajstić information content (AvgIpc) is 1.64. The molecule has 0 saturated carbocycles. The monoisotopic (exact) mass is 146 g/mol. The van der Waals surface area contributed by atoms with Crippen LogP contribution in [0.2, 0.25) is 0 Å². The summed E-state index contributed by atoms with van der Waals surface area (Å²) >= 11 is 0. The van der Waals surface area contributed by atoms with Crippen LogP contribution in [0.5, 0.6) is 0 Å². The van der Waals surface area contributed by atoms with Crippen LogP contribution in [-0.2, 0) is 4.79 Å². The van der Waals surface area contributed by atoms with Crippen LogP contribution < -0.4 is 0 Å². The predicted molar refractivity (Wildman–Crippen MR) is 41.9 cm³/mol. The van der Waals surface area contributed by atoms with E-state index in [4.69, 9.17) is 0 Å². The third-order valence-electron chi connectivity index (χ3n) is 0.775. The highest BCUT2D eigenvalue weighted by atomic mass is 35.5. The molecule has 0 heterocycles. The lowest BCUT2D eigenvalue weighted by molar-refractivity contribution is -0.112. The summed E-state index contributed by atoms with van der Waals surface area (Å²) in [5, 5.41) is 0. The Morgan fingerprint density at radius 2 is 1.33 bits per heavy atom. The molecule has 0 aromatic rings. The van der Waals surface area contributed by atoms with E-state index >= 15 is 0 Å². The smallest absolute Gasteiger partial charge is 0.183 e. The van der Waals surface area contributed by atoms with Gasteiger partial charge in [0, 0.05) is 0 Å². The number of allylic oxidation sites excluding steroid dienone is 2. The Morgan fingerprint density at radius 3 is 1.33 bits per heavy atom. The third kappa shape index (κ3) is 3.98. The molecular formula is C7H11ClO. The van der Waals surface area contributed by atoms with Gasteiger partial charge in [0.05, 0.1) is 0 Å². The van der Waals surface area contributed by atoms with E-state index in [1.54, 1.807) is 13.8 Å². The maximum Gasteiger partial charge on any atom is 0.183 e. The number of Topliss-reactive ketones (excluding diaryl/α,β-unsaturated/α-hetero) is 1. The highest BCUT2D eigenvalue weighted by Gasteiger charge is 1.99. The van der Waals surface area contributed by atoms with Gasteiger partial charge in [-0.15, -0.1) is 12.4 Å². The van der Waals surface area contributed by atoms with Crippen molar-refractivity contribution in [2.24, 2.45) is 0 Å². The maximum atomic E-state index is 10.6. The molecule has 0 spiro atoms. The van der Waals surface area contributed by atoms with Gasteiger partial charge in [0.15, 0.2) is 5.78 Å². The maximum absolute atomic E-state index is 10.6. The summed E-state index contributed by atoms with van der Waals surface area (Å²) < 4.78 is 0. The van der Waals surface area contributed by atoms with Crippen molar-refractivity contribution in [3.8, 4) is 0 Å². The molecule has 0 aromatic heterocycles. The van der Waals surface area contributed by atoms with Gasteiger partial charge in [-0.3, -0.25) is 4.79 Å². The number of ketones is 1. The van der Waals surface area contributed by atoms with Gasteiger partial charge in [-0.1, -0.05) is 13.2 Å². The molecule has 1 nitrogen and oxygen atoms in total. The molecule has 0 aromatic carbocycles. The molecule has 0 aliphatic heterocycles. The highest BCUT2D eigenvalue weighted by molar-refractivity contribution is 6.06. The fourth-order valence-electron chi connectivity index (χ4n) is 0.364. The van der Waals surface area contributed by atoms with Crippen LogP contribution in [0, 0.1) is 0 Å². The fraction of sp³-hybridized carbons (Fsp3) is 0.286. The summed E-state index contributed by atoms with van der Waals surface area (Å²) in [4.78, 5) is 10.6. The van der Waals surface area contributed by atoms with E-state index in [-0.39, 0.29) is 18.2 Å². The minimum Gasteiger partial charge on any atom is -0.289 e. The van der Waals surface area contributed by atoms with Crippen LogP contribution in [0.3, 0.4) is 0 Å². The van der Waals surface area contributed by atoms with Crippen molar-refractivity contribution in [3.63, 3.8) is 0 Å². The van der Waals surface area contributed by atoms with Crippen LogP contribution in [-0.4, -0.2) is 5.78 Å². The lowest BCUT2D eigenvalue weighted by Gasteiger charge is -1.92. The normalized spacial score (nSPS) is 7.33. The SMILES string of the molecule is C=C(C)C(=O)C(=C)C.Cl. The third-order valence-corrected chi connectivity index (χ3v) is 0.775. The lowest BCUT2D eigenvalue weighted by atomic mass is 10.1. The van der Waals surface area contributed by atoms with E-state index in [0.29, 0.717) is 11.1 Å². The van der Waals surface area contributed by atoms with E-state index in [1.807, 2.05) is 0 Å². The summed E-state index contributed by atoms with van der Waals surface area (Å²) in [7, 11) is 0. The molecule has 52 valence electrons. The molecule has 0 unspecified atom stereocenters. The van der Waals surface area contributed by atoms with Crippen molar-refractivity contribution in [2.75, 3.05) is 0 Å². The Hall–Kier alpha value is -0.560. The minimum absolute atomic E-state index is 0. The highest BCUT2D eigenvalue weighted by Crippen LogP contribution is 1.97. The standard InChI is InChI=1S/C7H10O.ClH/c1-5(2)7(8)6(3)4;/h1,3H2,2,4H3;1H. The molecular weight excluding hydrogens is 136 g/mol. The Bertz CT molecular complexity index is 131. The number of hydrogen-bond donors (Lipinski definition) is 0. The molecule has 0 aliphatic rings. The van der Waals surface area contributed by atoms with E-state index in [2.05, 4.69) is 13.2 Å². The molecule has 9 heavy (non-hydrogen) atoms. The number of hydrogen-bond acceptors (Lipinski definition) is 1. The van der Waals surface area contributed by atoms with Crippen molar-refractivity contribution >= 4 is 18.2 Å². The number of carbonyl (C=O) groups is 1. The van der Waals surface area contributed by atoms with Gasteiger partial charge in [-0.2, -0.15) is 0 Å². The van der Waals surface area contributed by atoms with Crippen molar-refractivity contribution in [2.45, 2.75) is 13.8 Å².